The molecule has 3 aromatic carbocycles. The fourth-order valence-corrected chi connectivity index (χ4v) is 6.70. The maximum absolute atomic E-state index is 13.6. The summed E-state index contributed by atoms with van der Waals surface area (Å²) in [6.07, 6.45) is 1.82. The van der Waals surface area contributed by atoms with Gasteiger partial charge in [0.05, 0.1) is 23.1 Å². The first-order valence-corrected chi connectivity index (χ1v) is 13.0. The van der Waals surface area contributed by atoms with E-state index in [-0.39, 0.29) is 47.0 Å². The molecule has 38 heavy (non-hydrogen) atoms. The number of aryl methyl sites for hydroxylation is 1. The van der Waals surface area contributed by atoms with Crippen LogP contribution in [0.15, 0.2) is 78.9 Å². The van der Waals surface area contributed by atoms with E-state index in [0.717, 1.165) is 18.4 Å². The van der Waals surface area contributed by atoms with Crippen LogP contribution in [0.3, 0.4) is 0 Å². The monoisotopic (exact) mass is 508 g/mol. The third-order valence-corrected chi connectivity index (χ3v) is 8.22. The largest absolute Gasteiger partial charge is 0.452 e. The molecule has 1 saturated heterocycles. The zero-order valence-electron chi connectivity index (χ0n) is 21.0. The molecule has 1 N–H and O–H groups in total. The lowest BCUT2D eigenvalue weighted by molar-refractivity contribution is -0.123. The van der Waals surface area contributed by atoms with Crippen molar-refractivity contribution in [3.05, 3.63) is 95.6 Å². The molecule has 3 fully saturated rings. The predicted molar refractivity (Wildman–Crippen MR) is 141 cm³/mol. The Kier molecular flexibility index (Phi) is 6.06. The van der Waals surface area contributed by atoms with Crippen molar-refractivity contribution >= 4 is 35.1 Å². The average Bonchev–Trinajstić information content (AvgIpc) is 3.59. The van der Waals surface area contributed by atoms with Gasteiger partial charge in [0.15, 0.2) is 6.61 Å². The summed E-state index contributed by atoms with van der Waals surface area (Å²) < 4.78 is 5.21. The Labute approximate surface area is 220 Å². The summed E-state index contributed by atoms with van der Waals surface area (Å²) in [4.78, 5) is 53.3. The van der Waals surface area contributed by atoms with E-state index in [1.165, 1.54) is 16.5 Å². The van der Waals surface area contributed by atoms with Crippen LogP contribution >= 0.6 is 0 Å². The Balaban J connectivity index is 1.14. The summed E-state index contributed by atoms with van der Waals surface area (Å²) in [6.45, 7) is 1.46. The maximum atomic E-state index is 13.6. The van der Waals surface area contributed by atoms with Crippen molar-refractivity contribution in [1.82, 2.24) is 0 Å². The molecule has 2 bridgehead atoms. The van der Waals surface area contributed by atoms with Crippen LogP contribution in [0.1, 0.15) is 40.2 Å². The fraction of sp³-hybridized carbons (Fsp3) is 0.290. The molecule has 6 rings (SSSR count). The van der Waals surface area contributed by atoms with E-state index in [4.69, 9.17) is 4.74 Å². The number of fused-ring (bicyclic) bond motifs is 5. The summed E-state index contributed by atoms with van der Waals surface area (Å²) in [7, 11) is 0. The number of nitrogens with one attached hydrogen (secondary N) is 1. The predicted octanol–water partition coefficient (Wildman–Crippen LogP) is 4.72. The first kappa shape index (κ1) is 24.1. The Bertz CT molecular complexity index is 1430. The van der Waals surface area contributed by atoms with Gasteiger partial charge >= 0.3 is 5.97 Å². The molecule has 0 spiro atoms. The number of amides is 3. The molecule has 2 aliphatic carbocycles. The maximum Gasteiger partial charge on any atom is 0.338 e. The molecular weight excluding hydrogens is 480 g/mol. The van der Waals surface area contributed by atoms with Crippen LogP contribution in [0.2, 0.25) is 0 Å². The second kappa shape index (κ2) is 9.56. The van der Waals surface area contributed by atoms with Crippen LogP contribution in [-0.2, 0) is 19.1 Å². The van der Waals surface area contributed by atoms with Gasteiger partial charge in [0.2, 0.25) is 11.8 Å². The van der Waals surface area contributed by atoms with Crippen molar-refractivity contribution in [3.63, 3.8) is 0 Å². The summed E-state index contributed by atoms with van der Waals surface area (Å²) in [5.41, 5.74) is 3.38. The summed E-state index contributed by atoms with van der Waals surface area (Å²) in [6, 6.07) is 23.9. The van der Waals surface area contributed by atoms with E-state index in [1.54, 1.807) is 24.3 Å². The van der Waals surface area contributed by atoms with Crippen molar-refractivity contribution in [3.8, 4) is 0 Å². The van der Waals surface area contributed by atoms with Crippen LogP contribution in [-0.4, -0.2) is 30.3 Å². The lowest BCUT2D eigenvalue weighted by atomic mass is 9.73. The minimum atomic E-state index is -0.699. The van der Waals surface area contributed by atoms with Gasteiger partial charge in [-0.3, -0.25) is 19.3 Å². The van der Waals surface area contributed by atoms with Crippen LogP contribution < -0.4 is 10.2 Å². The normalized spacial score (nSPS) is 25.4. The lowest BCUT2D eigenvalue weighted by Crippen LogP contribution is -2.33. The highest BCUT2D eigenvalue weighted by Crippen LogP contribution is 2.61. The molecule has 0 aromatic heterocycles. The zero-order chi connectivity index (χ0) is 26.4. The molecule has 7 heteroatoms. The summed E-state index contributed by atoms with van der Waals surface area (Å²) >= 11 is 0. The molecule has 1 aliphatic heterocycles. The number of carbonyl (C=O) groups excluding carboxylic acids is 4. The van der Waals surface area contributed by atoms with Crippen LogP contribution in [0.25, 0.3) is 0 Å². The van der Waals surface area contributed by atoms with Gasteiger partial charge in [0, 0.05) is 5.69 Å². The molecule has 3 aromatic rings. The first-order chi connectivity index (χ1) is 18.4. The van der Waals surface area contributed by atoms with E-state index < -0.39 is 18.5 Å². The number of hydrogen-bond donors (Lipinski definition) is 1. The third kappa shape index (κ3) is 4.18. The van der Waals surface area contributed by atoms with Gasteiger partial charge in [-0.05, 0) is 79.0 Å². The molecule has 0 unspecified atom stereocenters. The zero-order valence-corrected chi connectivity index (χ0v) is 21.0. The van der Waals surface area contributed by atoms with E-state index in [1.807, 2.05) is 43.3 Å². The highest BCUT2D eigenvalue weighted by Gasteiger charge is 2.64. The van der Waals surface area contributed by atoms with Crippen molar-refractivity contribution in [2.24, 2.45) is 23.7 Å². The van der Waals surface area contributed by atoms with E-state index in [0.29, 0.717) is 11.4 Å². The van der Waals surface area contributed by atoms with E-state index in [9.17, 15) is 19.2 Å². The highest BCUT2D eigenvalue weighted by atomic mass is 16.5. The standard InChI is InChI=1S/C31H28N2O5/c1-18-7-5-11-22(13-18)32-26(34)17-38-31(37)20-10-6-12-23(14-20)33-29(35)27-21-15-24(19-8-3-2-4-9-19)25(16-21)28(27)30(33)36/h2-14,21,24-25,27-28H,15-17H2,1H3,(H,32,34)/t21-,24+,25+,27+,28+/m0/s1. The molecule has 3 aliphatic rings. The smallest absolute Gasteiger partial charge is 0.338 e. The number of anilines is 2. The van der Waals surface area contributed by atoms with Gasteiger partial charge in [0.25, 0.3) is 5.91 Å². The first-order valence-electron chi connectivity index (χ1n) is 13.0. The molecule has 5 atom stereocenters. The fourth-order valence-electron chi connectivity index (χ4n) is 6.70. The van der Waals surface area contributed by atoms with Gasteiger partial charge in [-0.25, -0.2) is 4.79 Å². The van der Waals surface area contributed by atoms with Crippen molar-refractivity contribution in [2.45, 2.75) is 25.7 Å². The minimum absolute atomic E-state index is 0.147. The van der Waals surface area contributed by atoms with Crippen molar-refractivity contribution in [2.75, 3.05) is 16.8 Å². The minimum Gasteiger partial charge on any atom is -0.452 e. The number of hydrogen-bond acceptors (Lipinski definition) is 5. The molecule has 1 heterocycles. The topological polar surface area (TPSA) is 92.8 Å². The quantitative estimate of drug-likeness (QED) is 0.384. The molecular formula is C31H28N2O5. The molecule has 2 saturated carbocycles. The van der Waals surface area contributed by atoms with E-state index in [2.05, 4.69) is 17.4 Å². The van der Waals surface area contributed by atoms with Crippen LogP contribution in [0.5, 0.6) is 0 Å². The number of ether oxygens (including phenoxy) is 1. The Hall–Kier alpha value is -4.26. The Morgan fingerprint density at radius 3 is 2.45 bits per heavy atom. The van der Waals surface area contributed by atoms with Gasteiger partial charge in [-0.1, -0.05) is 48.5 Å². The number of benzene rings is 3. The van der Waals surface area contributed by atoms with Gasteiger partial charge in [-0.2, -0.15) is 0 Å². The summed E-state index contributed by atoms with van der Waals surface area (Å²) in [5.74, 6) is -1.52. The SMILES string of the molecule is Cc1cccc(NC(=O)COC(=O)c2cccc(N3C(=O)[C@@H]4[C@@H]5C[C@@H]([C@H]4C3=O)[C@@H](c3ccccc3)C5)c2)c1. The number of rotatable bonds is 6. The molecule has 7 nitrogen and oxygen atoms in total. The number of imide groups is 1. The average molecular weight is 509 g/mol. The number of carbonyl (C=O) groups is 4. The van der Waals surface area contributed by atoms with Crippen molar-refractivity contribution in [1.29, 1.82) is 0 Å². The van der Waals surface area contributed by atoms with Crippen LogP contribution in [0, 0.1) is 30.6 Å². The number of esters is 1. The third-order valence-electron chi connectivity index (χ3n) is 8.22. The summed E-state index contributed by atoms with van der Waals surface area (Å²) in [5, 5.41) is 2.70. The Morgan fingerprint density at radius 2 is 1.66 bits per heavy atom. The van der Waals surface area contributed by atoms with Gasteiger partial charge in [0.1, 0.15) is 0 Å². The second-order valence-corrected chi connectivity index (χ2v) is 10.5. The van der Waals surface area contributed by atoms with Gasteiger partial charge < -0.3 is 10.1 Å². The molecule has 0 radical (unpaired) electrons. The Morgan fingerprint density at radius 1 is 0.895 bits per heavy atom. The number of nitrogens with zero attached hydrogens (tertiary/aromatic N) is 1. The van der Waals surface area contributed by atoms with E-state index >= 15 is 0 Å². The van der Waals surface area contributed by atoms with Crippen molar-refractivity contribution < 1.29 is 23.9 Å². The second-order valence-electron chi connectivity index (χ2n) is 10.5. The van der Waals surface area contributed by atoms with Gasteiger partial charge in [-0.15, -0.1) is 0 Å². The molecule has 3 amide bonds. The lowest BCUT2D eigenvalue weighted by Gasteiger charge is -2.28. The van der Waals surface area contributed by atoms with Crippen LogP contribution in [0.4, 0.5) is 11.4 Å². The molecule has 192 valence electrons. The highest BCUT2D eigenvalue weighted by molar-refractivity contribution is 6.23.